The van der Waals surface area contributed by atoms with Crippen molar-refractivity contribution in [2.75, 3.05) is 25.0 Å². The van der Waals surface area contributed by atoms with Crippen LogP contribution < -0.4 is 16.0 Å². The summed E-state index contributed by atoms with van der Waals surface area (Å²) in [5.41, 5.74) is 0.930. The average Bonchev–Trinajstić information content (AvgIpc) is 2.63. The molecule has 0 unspecified atom stereocenters. The highest BCUT2D eigenvalue weighted by atomic mass is 35.5. The molecular formula is C17H16Cl2N4O4. The number of nitrogens with one attached hydrogen (secondary N) is 3. The van der Waals surface area contributed by atoms with Gasteiger partial charge in [0.05, 0.1) is 22.1 Å². The predicted octanol–water partition coefficient (Wildman–Crippen LogP) is 2.86. The van der Waals surface area contributed by atoms with Gasteiger partial charge in [-0.25, -0.2) is 0 Å². The van der Waals surface area contributed by atoms with Gasteiger partial charge in [-0.15, -0.1) is 0 Å². The van der Waals surface area contributed by atoms with E-state index in [9.17, 15) is 19.7 Å². The molecule has 8 nitrogen and oxygen atoms in total. The molecule has 0 radical (unpaired) electrons. The van der Waals surface area contributed by atoms with E-state index in [1.54, 1.807) is 12.1 Å². The number of anilines is 1. The number of nitro benzene ring substituents is 1. The highest BCUT2D eigenvalue weighted by molar-refractivity contribution is 6.36. The van der Waals surface area contributed by atoms with E-state index in [0.717, 1.165) is 0 Å². The number of halogens is 2. The van der Waals surface area contributed by atoms with Crippen LogP contribution in [-0.4, -0.2) is 36.4 Å². The first-order valence-electron chi connectivity index (χ1n) is 7.85. The van der Waals surface area contributed by atoms with E-state index < -0.39 is 10.8 Å². The number of carbonyl (C=O) groups excluding carboxylic acids is 2. The van der Waals surface area contributed by atoms with Crippen LogP contribution in [0.1, 0.15) is 10.4 Å². The number of hydrogen-bond donors (Lipinski definition) is 3. The molecule has 0 spiro atoms. The third kappa shape index (κ3) is 6.43. The van der Waals surface area contributed by atoms with Crippen molar-refractivity contribution < 1.29 is 14.5 Å². The van der Waals surface area contributed by atoms with Gasteiger partial charge in [-0.3, -0.25) is 19.7 Å². The Morgan fingerprint density at radius 2 is 1.70 bits per heavy atom. The first kappa shape index (κ1) is 20.5. The number of benzene rings is 2. The van der Waals surface area contributed by atoms with Crippen LogP contribution in [0.4, 0.5) is 11.4 Å². The van der Waals surface area contributed by atoms with Gasteiger partial charge in [-0.2, -0.15) is 0 Å². The minimum atomic E-state index is -0.477. The Kier molecular flexibility index (Phi) is 7.39. The summed E-state index contributed by atoms with van der Waals surface area (Å²) in [6.07, 6.45) is 0. The zero-order valence-electron chi connectivity index (χ0n) is 14.0. The molecular weight excluding hydrogens is 395 g/mol. The molecule has 2 rings (SSSR count). The Balaban J connectivity index is 1.68. The van der Waals surface area contributed by atoms with E-state index in [1.807, 2.05) is 0 Å². The Bertz CT molecular complexity index is 843. The number of amides is 2. The van der Waals surface area contributed by atoms with Crippen LogP contribution in [0, 0.1) is 10.1 Å². The lowest BCUT2D eigenvalue weighted by Crippen LogP contribution is -2.38. The maximum Gasteiger partial charge on any atom is 0.269 e. The van der Waals surface area contributed by atoms with E-state index >= 15 is 0 Å². The highest BCUT2D eigenvalue weighted by Gasteiger charge is 2.12. The molecule has 0 fully saturated rings. The van der Waals surface area contributed by atoms with E-state index in [1.165, 1.54) is 30.3 Å². The quantitative estimate of drug-likeness (QED) is 0.351. The molecule has 10 heteroatoms. The van der Waals surface area contributed by atoms with Crippen molar-refractivity contribution in [1.29, 1.82) is 0 Å². The average molecular weight is 411 g/mol. The first-order chi connectivity index (χ1) is 12.9. The second-order valence-electron chi connectivity index (χ2n) is 5.39. The van der Waals surface area contributed by atoms with Gasteiger partial charge in [0.15, 0.2) is 0 Å². The van der Waals surface area contributed by atoms with Gasteiger partial charge in [0, 0.05) is 35.9 Å². The third-order valence-electron chi connectivity index (χ3n) is 3.44. The molecule has 0 aromatic heterocycles. The molecule has 27 heavy (non-hydrogen) atoms. The Labute approximate surface area is 165 Å². The molecule has 0 bridgehead atoms. The third-order valence-corrected chi connectivity index (χ3v) is 3.99. The van der Waals surface area contributed by atoms with Crippen LogP contribution in [0.15, 0.2) is 42.5 Å². The fourth-order valence-electron chi connectivity index (χ4n) is 2.10. The Morgan fingerprint density at radius 3 is 2.33 bits per heavy atom. The Morgan fingerprint density at radius 1 is 1.00 bits per heavy atom. The van der Waals surface area contributed by atoms with E-state index in [0.29, 0.717) is 23.8 Å². The number of nitro groups is 1. The smallest absolute Gasteiger partial charge is 0.269 e. The van der Waals surface area contributed by atoms with Gasteiger partial charge in [0.1, 0.15) is 0 Å². The lowest BCUT2D eigenvalue weighted by atomic mass is 10.2. The van der Waals surface area contributed by atoms with Gasteiger partial charge in [0.25, 0.3) is 11.6 Å². The lowest BCUT2D eigenvalue weighted by Gasteiger charge is -2.09. The lowest BCUT2D eigenvalue weighted by molar-refractivity contribution is -0.384. The SMILES string of the molecule is O=C(CNC(=O)c1ccc(Cl)cc1Cl)NCCNc1ccc([N+](=O)[O-])cc1. The maximum absolute atomic E-state index is 12.0. The fraction of sp³-hybridized carbons (Fsp3) is 0.176. The van der Waals surface area contributed by atoms with Crippen molar-refractivity contribution in [1.82, 2.24) is 10.6 Å². The van der Waals surface area contributed by atoms with Crippen LogP contribution in [-0.2, 0) is 4.79 Å². The molecule has 0 aliphatic rings. The summed E-state index contributed by atoms with van der Waals surface area (Å²) >= 11 is 11.7. The molecule has 0 saturated heterocycles. The van der Waals surface area contributed by atoms with Crippen molar-refractivity contribution in [3.8, 4) is 0 Å². The number of hydrogen-bond acceptors (Lipinski definition) is 5. The number of non-ortho nitro benzene ring substituents is 1. The molecule has 0 atom stereocenters. The summed E-state index contributed by atoms with van der Waals surface area (Å²) < 4.78 is 0. The molecule has 0 aliphatic carbocycles. The van der Waals surface area contributed by atoms with Crippen LogP contribution in [0.2, 0.25) is 10.0 Å². The summed E-state index contributed by atoms with van der Waals surface area (Å²) in [4.78, 5) is 33.9. The number of rotatable bonds is 8. The zero-order valence-corrected chi connectivity index (χ0v) is 15.5. The van der Waals surface area contributed by atoms with Gasteiger partial charge >= 0.3 is 0 Å². The molecule has 142 valence electrons. The topological polar surface area (TPSA) is 113 Å². The first-order valence-corrected chi connectivity index (χ1v) is 8.60. The number of carbonyl (C=O) groups is 2. The van der Waals surface area contributed by atoms with Gasteiger partial charge in [-0.05, 0) is 30.3 Å². The highest BCUT2D eigenvalue weighted by Crippen LogP contribution is 2.20. The zero-order chi connectivity index (χ0) is 19.8. The van der Waals surface area contributed by atoms with E-state index in [2.05, 4.69) is 16.0 Å². The maximum atomic E-state index is 12.0. The minimum absolute atomic E-state index is 0.00499. The molecule has 0 aliphatic heterocycles. The van der Waals surface area contributed by atoms with Crippen LogP contribution in [0.5, 0.6) is 0 Å². The summed E-state index contributed by atoms with van der Waals surface area (Å²) in [7, 11) is 0. The summed E-state index contributed by atoms with van der Waals surface area (Å²) in [6, 6.07) is 10.4. The van der Waals surface area contributed by atoms with Crippen LogP contribution >= 0.6 is 23.2 Å². The molecule has 2 aromatic carbocycles. The van der Waals surface area contributed by atoms with Crippen molar-refractivity contribution in [3.63, 3.8) is 0 Å². The largest absolute Gasteiger partial charge is 0.383 e. The molecule has 2 aromatic rings. The molecule has 0 saturated carbocycles. The second-order valence-corrected chi connectivity index (χ2v) is 6.23. The predicted molar refractivity (Wildman–Crippen MR) is 103 cm³/mol. The second kappa shape index (κ2) is 9.75. The van der Waals surface area contributed by atoms with Crippen LogP contribution in [0.3, 0.4) is 0 Å². The summed E-state index contributed by atoms with van der Waals surface area (Å²) in [5.74, 6) is -0.838. The van der Waals surface area contributed by atoms with Crippen molar-refractivity contribution in [2.45, 2.75) is 0 Å². The molecule has 2 amide bonds. The van der Waals surface area contributed by atoms with Gasteiger partial charge in [0.2, 0.25) is 5.91 Å². The van der Waals surface area contributed by atoms with Crippen LogP contribution in [0.25, 0.3) is 0 Å². The van der Waals surface area contributed by atoms with E-state index in [4.69, 9.17) is 23.2 Å². The Hall–Kier alpha value is -2.84. The number of nitrogens with zero attached hydrogens (tertiary/aromatic N) is 1. The summed E-state index contributed by atoms with van der Waals surface area (Å²) in [5, 5.41) is 19.3. The fourth-order valence-corrected chi connectivity index (χ4v) is 2.60. The molecule has 3 N–H and O–H groups in total. The van der Waals surface area contributed by atoms with E-state index in [-0.39, 0.29) is 28.7 Å². The van der Waals surface area contributed by atoms with Crippen molar-refractivity contribution in [3.05, 3.63) is 68.2 Å². The summed E-state index contributed by atoms with van der Waals surface area (Å²) in [6.45, 7) is 0.531. The standard InChI is InChI=1S/C17H16Cl2N4O4/c18-11-1-6-14(15(19)9-11)17(25)22-10-16(24)21-8-7-20-12-2-4-13(5-3-12)23(26)27/h1-6,9,20H,7-8,10H2,(H,21,24)(H,22,25). The minimum Gasteiger partial charge on any atom is -0.383 e. The van der Waals surface area contributed by atoms with Crippen molar-refractivity contribution >= 4 is 46.4 Å². The van der Waals surface area contributed by atoms with Crippen molar-refractivity contribution in [2.24, 2.45) is 0 Å². The van der Waals surface area contributed by atoms with Gasteiger partial charge < -0.3 is 16.0 Å². The monoisotopic (exact) mass is 410 g/mol. The normalized spacial score (nSPS) is 10.1. The van der Waals surface area contributed by atoms with Gasteiger partial charge in [-0.1, -0.05) is 23.2 Å². The molecule has 0 heterocycles.